The summed E-state index contributed by atoms with van der Waals surface area (Å²) in [6, 6.07) is -1.26. The average Bonchev–Trinajstić information content (AvgIpc) is 3.52. The molecule has 9 nitrogen and oxygen atoms in total. The van der Waals surface area contributed by atoms with Crippen molar-refractivity contribution in [2.45, 2.75) is 74.5 Å². The molecule has 6 atom stereocenters. The SMILES string of the molecule is C=CCCCOC(=O)[C@H]1[C@H]2C(=O)N([C@@H](CO)CC(C)C)C(C(=O)N(CC=C)CCN3CCOCC3)C23CC[C@]1(C)S3. The number of hydrogen-bond acceptors (Lipinski definition) is 8. The number of carbonyl (C=O) groups excluding carboxylic acids is 3. The number of likely N-dealkylation sites (tertiary alicyclic amines) is 1. The maximum Gasteiger partial charge on any atom is 0.311 e. The molecule has 2 unspecified atom stereocenters. The third kappa shape index (κ3) is 6.26. The summed E-state index contributed by atoms with van der Waals surface area (Å²) in [5.41, 5.74) is 0. The van der Waals surface area contributed by atoms with Crippen LogP contribution in [0.15, 0.2) is 25.3 Å². The van der Waals surface area contributed by atoms with Crippen LogP contribution in [0.3, 0.4) is 0 Å². The molecule has 0 saturated carbocycles. The van der Waals surface area contributed by atoms with Crippen molar-refractivity contribution in [3.05, 3.63) is 25.3 Å². The van der Waals surface area contributed by atoms with Crippen molar-refractivity contribution in [3.63, 3.8) is 0 Å². The minimum atomic E-state index is -0.758. The van der Waals surface area contributed by atoms with Gasteiger partial charge < -0.3 is 24.4 Å². The van der Waals surface area contributed by atoms with Gasteiger partial charge in [0.2, 0.25) is 11.8 Å². The van der Waals surface area contributed by atoms with E-state index in [0.29, 0.717) is 52.1 Å². The molecule has 4 aliphatic heterocycles. The zero-order valence-electron chi connectivity index (χ0n) is 25.1. The maximum atomic E-state index is 14.6. The fourth-order valence-corrected chi connectivity index (χ4v) is 9.74. The Balaban J connectivity index is 1.67. The molecule has 1 N–H and O–H groups in total. The molecule has 4 saturated heterocycles. The number of morpholine rings is 1. The molecule has 4 fully saturated rings. The highest BCUT2D eigenvalue weighted by atomic mass is 32.2. The highest BCUT2D eigenvalue weighted by molar-refractivity contribution is 8.02. The molecule has 4 heterocycles. The smallest absolute Gasteiger partial charge is 0.311 e. The predicted molar refractivity (Wildman–Crippen MR) is 160 cm³/mol. The van der Waals surface area contributed by atoms with Crippen LogP contribution in [0.1, 0.15) is 52.9 Å². The van der Waals surface area contributed by atoms with Gasteiger partial charge in [-0.25, -0.2) is 0 Å². The summed E-state index contributed by atoms with van der Waals surface area (Å²) in [5.74, 6) is -1.73. The first-order valence-corrected chi connectivity index (χ1v) is 16.1. The monoisotopic (exact) mass is 591 g/mol. The number of ether oxygens (including phenoxy) is 2. The van der Waals surface area contributed by atoms with Crippen molar-refractivity contribution in [2.75, 3.05) is 59.2 Å². The van der Waals surface area contributed by atoms with E-state index in [2.05, 4.69) is 38.8 Å². The van der Waals surface area contributed by atoms with Crippen LogP contribution in [-0.4, -0.2) is 118 Å². The number of carbonyl (C=O) groups is 3. The number of nitrogens with zero attached hydrogens (tertiary/aromatic N) is 3. The van der Waals surface area contributed by atoms with Crippen LogP contribution in [0.2, 0.25) is 0 Å². The maximum absolute atomic E-state index is 14.6. The highest BCUT2D eigenvalue weighted by Gasteiger charge is 2.78. The Hall–Kier alpha value is -1.88. The number of fused-ring (bicyclic) bond motifs is 1. The van der Waals surface area contributed by atoms with Crippen molar-refractivity contribution in [3.8, 4) is 0 Å². The van der Waals surface area contributed by atoms with Gasteiger partial charge in [0, 0.05) is 37.5 Å². The lowest BCUT2D eigenvalue weighted by Gasteiger charge is -2.40. The third-order valence-electron chi connectivity index (χ3n) is 9.30. The van der Waals surface area contributed by atoms with Crippen LogP contribution < -0.4 is 0 Å². The molecule has 4 rings (SSSR count). The summed E-state index contributed by atoms with van der Waals surface area (Å²) < 4.78 is 9.99. The molecule has 2 bridgehead atoms. The molecular formula is C31H49N3O6S. The van der Waals surface area contributed by atoms with Gasteiger partial charge >= 0.3 is 5.97 Å². The van der Waals surface area contributed by atoms with E-state index in [4.69, 9.17) is 9.47 Å². The van der Waals surface area contributed by atoms with Crippen LogP contribution in [0.4, 0.5) is 0 Å². The van der Waals surface area contributed by atoms with E-state index in [-0.39, 0.29) is 36.9 Å². The lowest BCUT2D eigenvalue weighted by Crippen LogP contribution is -2.58. The number of amides is 2. The molecule has 10 heteroatoms. The minimum absolute atomic E-state index is 0.118. The van der Waals surface area contributed by atoms with Crippen molar-refractivity contribution in [1.82, 2.24) is 14.7 Å². The Kier molecular flexibility index (Phi) is 10.6. The van der Waals surface area contributed by atoms with Crippen LogP contribution in [0.25, 0.3) is 0 Å². The molecule has 41 heavy (non-hydrogen) atoms. The molecule has 0 aliphatic carbocycles. The van der Waals surface area contributed by atoms with E-state index in [1.807, 2.05) is 4.90 Å². The van der Waals surface area contributed by atoms with Crippen molar-refractivity contribution < 1.29 is 29.0 Å². The van der Waals surface area contributed by atoms with Crippen LogP contribution >= 0.6 is 11.8 Å². The third-order valence-corrected chi connectivity index (χ3v) is 11.3. The lowest BCUT2D eigenvalue weighted by molar-refractivity contribution is -0.156. The Bertz CT molecular complexity index is 987. The minimum Gasteiger partial charge on any atom is -0.465 e. The number of allylic oxidation sites excluding steroid dienone is 1. The van der Waals surface area contributed by atoms with Gasteiger partial charge in [-0.2, -0.15) is 0 Å². The van der Waals surface area contributed by atoms with E-state index in [0.717, 1.165) is 25.9 Å². The summed E-state index contributed by atoms with van der Waals surface area (Å²) in [4.78, 5) is 48.5. The van der Waals surface area contributed by atoms with Crippen molar-refractivity contribution in [2.24, 2.45) is 17.8 Å². The highest BCUT2D eigenvalue weighted by Crippen LogP contribution is 2.71. The van der Waals surface area contributed by atoms with Gasteiger partial charge in [-0.15, -0.1) is 24.9 Å². The zero-order chi connectivity index (χ0) is 29.8. The van der Waals surface area contributed by atoms with E-state index >= 15 is 0 Å². The lowest BCUT2D eigenvalue weighted by atomic mass is 9.66. The number of esters is 1. The van der Waals surface area contributed by atoms with Crippen LogP contribution in [0, 0.1) is 17.8 Å². The molecule has 1 spiro atoms. The van der Waals surface area contributed by atoms with Gasteiger partial charge in [-0.3, -0.25) is 19.3 Å². The summed E-state index contributed by atoms with van der Waals surface area (Å²) in [6.45, 7) is 18.4. The van der Waals surface area contributed by atoms with Gasteiger partial charge in [0.05, 0.1) is 49.1 Å². The zero-order valence-corrected chi connectivity index (χ0v) is 25.9. The Morgan fingerprint density at radius 1 is 1.24 bits per heavy atom. The molecule has 0 aromatic rings. The average molecular weight is 592 g/mol. The van der Waals surface area contributed by atoms with E-state index in [1.165, 1.54) is 0 Å². The van der Waals surface area contributed by atoms with E-state index < -0.39 is 33.4 Å². The molecule has 0 aromatic carbocycles. The first-order valence-electron chi connectivity index (χ1n) is 15.2. The Labute approximate surface area is 249 Å². The Morgan fingerprint density at radius 3 is 2.61 bits per heavy atom. The van der Waals surface area contributed by atoms with Crippen molar-refractivity contribution in [1.29, 1.82) is 0 Å². The van der Waals surface area contributed by atoms with Crippen LogP contribution in [-0.2, 0) is 23.9 Å². The number of rotatable bonds is 15. The van der Waals surface area contributed by atoms with E-state index in [9.17, 15) is 19.5 Å². The van der Waals surface area contributed by atoms with Gasteiger partial charge in [0.25, 0.3) is 0 Å². The normalized spacial score (nSPS) is 31.8. The molecule has 4 aliphatic rings. The predicted octanol–water partition coefficient (Wildman–Crippen LogP) is 2.73. The Morgan fingerprint density at radius 2 is 1.98 bits per heavy atom. The largest absolute Gasteiger partial charge is 0.465 e. The number of hydrogen-bond donors (Lipinski definition) is 1. The van der Waals surface area contributed by atoms with Gasteiger partial charge in [0.1, 0.15) is 6.04 Å². The fraction of sp³-hybridized carbons (Fsp3) is 0.774. The second kappa shape index (κ2) is 13.6. The molecule has 0 aromatic heterocycles. The number of aliphatic hydroxyl groups is 1. The van der Waals surface area contributed by atoms with Crippen LogP contribution in [0.5, 0.6) is 0 Å². The summed E-state index contributed by atoms with van der Waals surface area (Å²) in [7, 11) is 0. The summed E-state index contributed by atoms with van der Waals surface area (Å²) >= 11 is 1.64. The molecule has 0 radical (unpaired) electrons. The second-order valence-electron chi connectivity index (χ2n) is 12.6. The standard InChI is InChI=1S/C31H49N3O6S/c1-6-8-9-17-40-29(38)25-24-27(36)34(23(21-35)20-22(3)4)26(31(24)11-10-30(25,5)41-31)28(37)33(12-7-2)14-13-32-15-18-39-19-16-32/h6-7,22-26,35H,1-2,8-21H2,3-5H3/t23-,24+,25-,26?,30+,31?/m1/s1. The number of aliphatic hydroxyl groups excluding tert-OH is 1. The van der Waals surface area contributed by atoms with Gasteiger partial charge in [-0.05, 0) is 44.9 Å². The number of unbranched alkanes of at least 4 members (excludes halogenated alkanes) is 1. The first-order chi connectivity index (χ1) is 19.6. The fourth-order valence-electron chi connectivity index (χ4n) is 7.41. The second-order valence-corrected chi connectivity index (χ2v) is 14.5. The molecule has 2 amide bonds. The van der Waals surface area contributed by atoms with Crippen molar-refractivity contribution >= 4 is 29.5 Å². The first kappa shape index (κ1) is 32.0. The summed E-state index contributed by atoms with van der Waals surface area (Å²) in [6.07, 6.45) is 6.93. The number of thioether (sulfide) groups is 1. The topological polar surface area (TPSA) is 99.6 Å². The van der Waals surface area contributed by atoms with Gasteiger partial charge in [0.15, 0.2) is 0 Å². The quantitative estimate of drug-likeness (QED) is 0.176. The molecular weight excluding hydrogens is 542 g/mol. The molecule has 230 valence electrons. The summed E-state index contributed by atoms with van der Waals surface area (Å²) in [5, 5.41) is 10.5. The van der Waals surface area contributed by atoms with Gasteiger partial charge in [-0.1, -0.05) is 26.0 Å². The van der Waals surface area contributed by atoms with E-state index in [1.54, 1.807) is 28.8 Å².